The summed E-state index contributed by atoms with van der Waals surface area (Å²) >= 11 is 0. The third-order valence-corrected chi connectivity index (χ3v) is 2.33. The minimum absolute atomic E-state index is 0.0443. The van der Waals surface area contributed by atoms with Crippen LogP contribution in [0.3, 0.4) is 0 Å². The predicted molar refractivity (Wildman–Crippen MR) is 58.0 cm³/mol. The SMILES string of the molecule is CCCCN(CCO)C(=O)C(C#N)CC. The summed E-state index contributed by atoms with van der Waals surface area (Å²) in [4.78, 5) is 13.4. The van der Waals surface area contributed by atoms with Crippen LogP contribution in [0.5, 0.6) is 0 Å². The minimum Gasteiger partial charge on any atom is -0.395 e. The molecule has 1 amide bonds. The van der Waals surface area contributed by atoms with Gasteiger partial charge in [0.1, 0.15) is 5.92 Å². The molecule has 1 N–H and O–H groups in total. The van der Waals surface area contributed by atoms with Crippen molar-refractivity contribution in [3.05, 3.63) is 0 Å². The Morgan fingerprint density at radius 2 is 2.13 bits per heavy atom. The molecule has 1 atom stereocenters. The van der Waals surface area contributed by atoms with E-state index < -0.39 is 5.92 Å². The minimum atomic E-state index is -0.562. The third kappa shape index (κ3) is 4.80. The summed E-state index contributed by atoms with van der Waals surface area (Å²) in [6, 6.07) is 1.99. The lowest BCUT2D eigenvalue weighted by atomic mass is 10.1. The predicted octanol–water partition coefficient (Wildman–Crippen LogP) is 1.16. The molecule has 0 spiro atoms. The van der Waals surface area contributed by atoms with Gasteiger partial charge in [-0.1, -0.05) is 20.3 Å². The van der Waals surface area contributed by atoms with Gasteiger partial charge in [-0.2, -0.15) is 5.26 Å². The highest BCUT2D eigenvalue weighted by atomic mass is 16.3. The third-order valence-electron chi connectivity index (χ3n) is 2.33. The molecule has 0 heterocycles. The van der Waals surface area contributed by atoms with Crippen LogP contribution >= 0.6 is 0 Å². The Hall–Kier alpha value is -1.08. The van der Waals surface area contributed by atoms with Gasteiger partial charge in [0.25, 0.3) is 0 Å². The van der Waals surface area contributed by atoms with Crippen LogP contribution in [-0.4, -0.2) is 35.6 Å². The number of carbonyl (C=O) groups excluding carboxylic acids is 1. The number of nitriles is 1. The van der Waals surface area contributed by atoms with Crippen molar-refractivity contribution in [2.45, 2.75) is 33.1 Å². The van der Waals surface area contributed by atoms with E-state index in [-0.39, 0.29) is 12.5 Å². The van der Waals surface area contributed by atoms with Gasteiger partial charge in [-0.05, 0) is 12.8 Å². The van der Waals surface area contributed by atoms with E-state index in [1.807, 2.05) is 19.9 Å². The van der Waals surface area contributed by atoms with E-state index in [0.29, 0.717) is 19.5 Å². The number of carbonyl (C=O) groups is 1. The molecule has 0 fully saturated rings. The van der Waals surface area contributed by atoms with Gasteiger partial charge in [-0.25, -0.2) is 0 Å². The highest BCUT2D eigenvalue weighted by Crippen LogP contribution is 2.07. The fourth-order valence-corrected chi connectivity index (χ4v) is 1.34. The maximum Gasteiger partial charge on any atom is 0.239 e. The van der Waals surface area contributed by atoms with Crippen molar-refractivity contribution in [1.29, 1.82) is 5.26 Å². The molecule has 0 aromatic heterocycles. The maximum absolute atomic E-state index is 11.8. The van der Waals surface area contributed by atoms with E-state index in [9.17, 15) is 4.79 Å². The van der Waals surface area contributed by atoms with E-state index in [1.54, 1.807) is 4.90 Å². The van der Waals surface area contributed by atoms with E-state index in [4.69, 9.17) is 10.4 Å². The van der Waals surface area contributed by atoms with Crippen molar-refractivity contribution >= 4 is 5.91 Å². The molecule has 0 saturated carbocycles. The molecule has 0 rings (SSSR count). The molecule has 0 aromatic rings. The molecule has 0 bridgehead atoms. The van der Waals surface area contributed by atoms with Crippen LogP contribution in [-0.2, 0) is 4.79 Å². The van der Waals surface area contributed by atoms with Crippen LogP contribution in [0.15, 0.2) is 0 Å². The molecule has 0 aliphatic heterocycles. The molecule has 0 aliphatic carbocycles. The van der Waals surface area contributed by atoms with Crippen molar-refractivity contribution in [3.8, 4) is 6.07 Å². The van der Waals surface area contributed by atoms with Gasteiger partial charge in [0.15, 0.2) is 0 Å². The quantitative estimate of drug-likeness (QED) is 0.688. The van der Waals surface area contributed by atoms with Crippen molar-refractivity contribution in [2.24, 2.45) is 5.92 Å². The largest absolute Gasteiger partial charge is 0.395 e. The summed E-state index contributed by atoms with van der Waals surface area (Å²) in [5.41, 5.74) is 0. The Labute approximate surface area is 91.5 Å². The number of amides is 1. The zero-order chi connectivity index (χ0) is 11.7. The Morgan fingerprint density at radius 3 is 2.53 bits per heavy atom. The Balaban J connectivity index is 4.33. The van der Waals surface area contributed by atoms with E-state index >= 15 is 0 Å². The van der Waals surface area contributed by atoms with Crippen molar-refractivity contribution in [2.75, 3.05) is 19.7 Å². The molecule has 4 heteroatoms. The van der Waals surface area contributed by atoms with Crippen LogP contribution < -0.4 is 0 Å². The van der Waals surface area contributed by atoms with E-state index in [2.05, 4.69) is 0 Å². The first-order valence-electron chi connectivity index (χ1n) is 5.50. The number of aliphatic hydroxyl groups excluding tert-OH is 1. The normalized spacial score (nSPS) is 11.9. The van der Waals surface area contributed by atoms with Crippen LogP contribution in [0.2, 0.25) is 0 Å². The zero-order valence-corrected chi connectivity index (χ0v) is 9.57. The van der Waals surface area contributed by atoms with Gasteiger partial charge in [-0.3, -0.25) is 4.79 Å². The number of rotatable bonds is 7. The number of nitrogens with zero attached hydrogens (tertiary/aromatic N) is 2. The topological polar surface area (TPSA) is 64.3 Å². The number of aliphatic hydroxyl groups is 1. The lowest BCUT2D eigenvalue weighted by Gasteiger charge is -2.23. The molecule has 86 valence electrons. The molecular weight excluding hydrogens is 192 g/mol. The summed E-state index contributed by atoms with van der Waals surface area (Å²) in [5.74, 6) is -0.712. The summed E-state index contributed by atoms with van der Waals surface area (Å²) in [6.45, 7) is 4.79. The van der Waals surface area contributed by atoms with Crippen LogP contribution in [0, 0.1) is 17.2 Å². The Kier molecular flexibility index (Phi) is 7.65. The number of hydrogen-bond acceptors (Lipinski definition) is 3. The first-order valence-corrected chi connectivity index (χ1v) is 5.50. The second kappa shape index (κ2) is 8.25. The van der Waals surface area contributed by atoms with Gasteiger partial charge in [0, 0.05) is 13.1 Å². The van der Waals surface area contributed by atoms with Gasteiger partial charge in [0.2, 0.25) is 5.91 Å². The summed E-state index contributed by atoms with van der Waals surface area (Å²) in [6.07, 6.45) is 2.44. The van der Waals surface area contributed by atoms with Crippen LogP contribution in [0.25, 0.3) is 0 Å². The van der Waals surface area contributed by atoms with E-state index in [0.717, 1.165) is 12.8 Å². The average molecular weight is 212 g/mol. The molecule has 15 heavy (non-hydrogen) atoms. The monoisotopic (exact) mass is 212 g/mol. The number of unbranched alkanes of at least 4 members (excludes halogenated alkanes) is 1. The average Bonchev–Trinajstić information content (AvgIpc) is 2.25. The fourth-order valence-electron chi connectivity index (χ4n) is 1.34. The van der Waals surface area contributed by atoms with Gasteiger partial charge < -0.3 is 10.0 Å². The highest BCUT2D eigenvalue weighted by molar-refractivity contribution is 5.81. The lowest BCUT2D eigenvalue weighted by Crippen LogP contribution is -2.38. The summed E-state index contributed by atoms with van der Waals surface area (Å²) in [5, 5.41) is 17.6. The zero-order valence-electron chi connectivity index (χ0n) is 9.57. The smallest absolute Gasteiger partial charge is 0.239 e. The van der Waals surface area contributed by atoms with Crippen LogP contribution in [0.4, 0.5) is 0 Å². The first kappa shape index (κ1) is 13.9. The molecule has 0 aromatic carbocycles. The Bertz CT molecular complexity index is 223. The molecule has 0 aliphatic rings. The van der Waals surface area contributed by atoms with Gasteiger partial charge in [-0.15, -0.1) is 0 Å². The fraction of sp³-hybridized carbons (Fsp3) is 0.818. The first-order chi connectivity index (χ1) is 7.21. The summed E-state index contributed by atoms with van der Waals surface area (Å²) < 4.78 is 0. The van der Waals surface area contributed by atoms with Gasteiger partial charge >= 0.3 is 0 Å². The van der Waals surface area contributed by atoms with Crippen molar-refractivity contribution in [3.63, 3.8) is 0 Å². The second-order valence-corrected chi connectivity index (χ2v) is 3.49. The maximum atomic E-state index is 11.8. The highest BCUT2D eigenvalue weighted by Gasteiger charge is 2.21. The van der Waals surface area contributed by atoms with Crippen molar-refractivity contribution < 1.29 is 9.90 Å². The van der Waals surface area contributed by atoms with Crippen LogP contribution in [0.1, 0.15) is 33.1 Å². The van der Waals surface area contributed by atoms with E-state index in [1.165, 1.54) is 0 Å². The summed E-state index contributed by atoms with van der Waals surface area (Å²) in [7, 11) is 0. The Morgan fingerprint density at radius 1 is 1.47 bits per heavy atom. The molecule has 0 radical (unpaired) electrons. The molecule has 0 saturated heterocycles. The van der Waals surface area contributed by atoms with Crippen molar-refractivity contribution in [1.82, 2.24) is 4.90 Å². The van der Waals surface area contributed by atoms with Gasteiger partial charge in [0.05, 0.1) is 12.7 Å². The molecular formula is C11H20N2O2. The standard InChI is InChI=1S/C11H20N2O2/c1-3-5-6-13(7-8-14)11(15)10(4-2)9-12/h10,14H,3-8H2,1-2H3. The molecule has 4 nitrogen and oxygen atoms in total. The second-order valence-electron chi connectivity index (χ2n) is 3.49. The molecule has 1 unspecified atom stereocenters. The lowest BCUT2D eigenvalue weighted by molar-refractivity contribution is -0.134. The number of hydrogen-bond donors (Lipinski definition) is 1.